The van der Waals surface area contributed by atoms with E-state index in [1.54, 1.807) is 6.92 Å². The van der Waals surface area contributed by atoms with Crippen molar-refractivity contribution in [3.8, 4) is 0 Å². The number of carbonyl (C=O) groups is 1. The summed E-state index contributed by atoms with van der Waals surface area (Å²) in [6.45, 7) is 4.25. The van der Waals surface area contributed by atoms with Crippen LogP contribution < -0.4 is 11.1 Å². The lowest BCUT2D eigenvalue weighted by Crippen LogP contribution is -2.49. The summed E-state index contributed by atoms with van der Waals surface area (Å²) in [5.74, 6) is -0.513. The number of benzene rings is 2. The van der Waals surface area contributed by atoms with Gasteiger partial charge < -0.3 is 11.1 Å². The Labute approximate surface area is 270 Å². The van der Waals surface area contributed by atoms with Crippen LogP contribution in [-0.4, -0.2) is 27.9 Å². The van der Waals surface area contributed by atoms with Crippen molar-refractivity contribution in [2.45, 2.75) is 67.0 Å². The van der Waals surface area contributed by atoms with Crippen molar-refractivity contribution in [2.75, 3.05) is 11.1 Å². The fourth-order valence-electron chi connectivity index (χ4n) is 3.60. The molecule has 0 radical (unpaired) electrons. The number of anilines is 2. The summed E-state index contributed by atoms with van der Waals surface area (Å²) in [6.07, 6.45) is -11.4. The highest BCUT2D eigenvalue weighted by molar-refractivity contribution is 9.11. The average Bonchev–Trinajstić information content (AvgIpc) is 2.82. The third-order valence-corrected chi connectivity index (χ3v) is 8.18. The van der Waals surface area contributed by atoms with Crippen LogP contribution >= 0.6 is 63.7 Å². The normalized spacial score (nSPS) is 15.6. The first-order valence-electron chi connectivity index (χ1n) is 11.4. The van der Waals surface area contributed by atoms with E-state index in [9.17, 15) is 57.5 Å². The maximum atomic E-state index is 14.4. The number of alkyl halides is 14. The molecule has 0 aliphatic rings. The van der Waals surface area contributed by atoms with Crippen LogP contribution in [0.25, 0.3) is 0 Å². The Hall–Kier alpha value is -1.21. The first-order chi connectivity index (χ1) is 19.1. The maximum Gasteiger partial charge on any atom is 0.433 e. The highest BCUT2D eigenvalue weighted by atomic mass is 79.9. The third-order valence-electron chi connectivity index (χ3n) is 5.81. The molecule has 3 nitrogen and oxygen atoms in total. The Morgan fingerprint density at radius 3 is 1.35 bits per heavy atom. The van der Waals surface area contributed by atoms with Crippen LogP contribution in [-0.2, 0) is 29.0 Å². The van der Waals surface area contributed by atoms with Crippen molar-refractivity contribution < 1.29 is 57.5 Å². The second-order valence-electron chi connectivity index (χ2n) is 8.72. The molecule has 244 valence electrons. The summed E-state index contributed by atoms with van der Waals surface area (Å²) in [6, 6.07) is 2.55. The molecule has 0 aliphatic carbocycles. The fraction of sp³-hybridized carbons (Fsp3) is 0.458. The minimum Gasteiger partial charge on any atom is -0.398 e. The van der Waals surface area contributed by atoms with Crippen LogP contribution in [0, 0.1) is 0 Å². The van der Waals surface area contributed by atoms with Crippen LogP contribution in [0.15, 0.2) is 33.2 Å². The number of aryl methyl sites for hydroxylation is 2. The van der Waals surface area contributed by atoms with Gasteiger partial charge in [0.05, 0.1) is 5.69 Å². The van der Waals surface area contributed by atoms with Gasteiger partial charge in [0, 0.05) is 32.7 Å². The van der Waals surface area contributed by atoms with Crippen molar-refractivity contribution >= 4 is 81.0 Å². The van der Waals surface area contributed by atoms with E-state index in [0.29, 0.717) is 24.3 Å². The summed E-state index contributed by atoms with van der Waals surface area (Å²) < 4.78 is 159. The lowest BCUT2D eigenvalue weighted by atomic mass is 9.92. The third kappa shape index (κ3) is 8.15. The zero-order chi connectivity index (χ0) is 34.1. The molecule has 0 spiro atoms. The summed E-state index contributed by atoms with van der Waals surface area (Å²) in [7, 11) is 0. The topological polar surface area (TPSA) is 55.1 Å². The zero-order valence-electron chi connectivity index (χ0n) is 21.8. The molecule has 3 N–H and O–H groups in total. The number of rotatable bonds is 7. The number of amides is 1. The lowest BCUT2D eigenvalue weighted by molar-refractivity contribution is -0.282. The van der Waals surface area contributed by atoms with Gasteiger partial charge in [0.2, 0.25) is 5.91 Å². The largest absolute Gasteiger partial charge is 0.433 e. The van der Waals surface area contributed by atoms with Crippen LogP contribution in [0.1, 0.15) is 43.0 Å². The van der Waals surface area contributed by atoms with Crippen molar-refractivity contribution in [1.29, 1.82) is 0 Å². The Morgan fingerprint density at radius 1 is 0.698 bits per heavy atom. The highest BCUT2D eigenvalue weighted by Gasteiger charge is 2.72. The van der Waals surface area contributed by atoms with Gasteiger partial charge in [-0.1, -0.05) is 13.8 Å². The number of nitrogen functional groups attached to an aromatic ring is 1. The molecular weight excluding hydrogens is 880 g/mol. The summed E-state index contributed by atoms with van der Waals surface area (Å²) in [5.41, 5.74) is -6.31. The minimum atomic E-state index is -5.86. The molecular formula is C24H20Br4F12N2O. The second-order valence-corrected chi connectivity index (χ2v) is 12.4. The molecule has 1 amide bonds. The smallest absolute Gasteiger partial charge is 0.398 e. The van der Waals surface area contributed by atoms with Gasteiger partial charge in [-0.15, -0.1) is 0 Å². The van der Waals surface area contributed by atoms with Crippen LogP contribution in [0.2, 0.25) is 0 Å². The van der Waals surface area contributed by atoms with Gasteiger partial charge in [-0.3, -0.25) is 4.79 Å². The second kappa shape index (κ2) is 13.6. The molecule has 2 atom stereocenters. The molecule has 2 aromatic carbocycles. The molecule has 43 heavy (non-hydrogen) atoms. The lowest BCUT2D eigenvalue weighted by Gasteiger charge is -2.32. The average molecular weight is 900 g/mol. The predicted octanol–water partition coefficient (Wildman–Crippen LogP) is 11.0. The van der Waals surface area contributed by atoms with E-state index in [4.69, 9.17) is 5.73 Å². The van der Waals surface area contributed by atoms with Crippen molar-refractivity contribution in [1.82, 2.24) is 0 Å². The van der Waals surface area contributed by atoms with Crippen molar-refractivity contribution in [3.63, 3.8) is 0 Å². The first-order valence-corrected chi connectivity index (χ1v) is 14.6. The molecule has 0 saturated heterocycles. The van der Waals surface area contributed by atoms with E-state index >= 15 is 0 Å². The number of halogens is 16. The molecule has 2 aromatic rings. The van der Waals surface area contributed by atoms with Crippen LogP contribution in [0.5, 0.6) is 0 Å². The number of hydrogen-bond acceptors (Lipinski definition) is 2. The zero-order valence-corrected chi connectivity index (χ0v) is 28.1. The minimum absolute atomic E-state index is 0.0742. The molecule has 2 rings (SSSR count). The van der Waals surface area contributed by atoms with E-state index in [-0.39, 0.29) is 44.3 Å². The van der Waals surface area contributed by atoms with Gasteiger partial charge >= 0.3 is 33.4 Å². The van der Waals surface area contributed by atoms with Gasteiger partial charge in [0.25, 0.3) is 0 Å². The first kappa shape index (κ1) is 39.8. The van der Waals surface area contributed by atoms with Crippen molar-refractivity contribution in [2.24, 2.45) is 0 Å². The van der Waals surface area contributed by atoms with E-state index in [0.717, 1.165) is 0 Å². The van der Waals surface area contributed by atoms with Gasteiger partial charge in [0.1, 0.15) is 0 Å². The Balaban J connectivity index is 0.000000434. The van der Waals surface area contributed by atoms with E-state index in [1.807, 2.05) is 0 Å². The van der Waals surface area contributed by atoms with Crippen LogP contribution in [0.4, 0.5) is 64.1 Å². The van der Waals surface area contributed by atoms with E-state index in [2.05, 4.69) is 37.2 Å². The SMILES string of the molecule is CCc1cc(C(F)(C(F)(F)F)C(F)(F)Br)cc(Br)c1N.CCc1cc(C(F)(C(F)(F)F)C(F)(F)Br)cc(Br)c1NC(C)=O. The molecule has 0 heterocycles. The molecule has 0 aromatic heterocycles. The van der Waals surface area contributed by atoms with Crippen molar-refractivity contribution in [3.05, 3.63) is 55.5 Å². The Morgan fingerprint density at radius 2 is 1.05 bits per heavy atom. The summed E-state index contributed by atoms with van der Waals surface area (Å²) >= 11 is 8.71. The number of hydrogen-bond donors (Lipinski definition) is 2. The van der Waals surface area contributed by atoms with E-state index in [1.165, 1.54) is 45.7 Å². The summed E-state index contributed by atoms with van der Waals surface area (Å²) in [5, 5.41) is 2.36. The number of nitrogens with one attached hydrogen (secondary N) is 1. The predicted molar refractivity (Wildman–Crippen MR) is 151 cm³/mol. The fourth-order valence-corrected chi connectivity index (χ4v) is 5.61. The number of carbonyl (C=O) groups excluding carboxylic acids is 1. The molecule has 2 unspecified atom stereocenters. The molecule has 0 aliphatic heterocycles. The quantitative estimate of drug-likeness (QED) is 0.165. The van der Waals surface area contributed by atoms with Gasteiger partial charge in [0.15, 0.2) is 0 Å². The highest BCUT2D eigenvalue weighted by Crippen LogP contribution is 2.57. The van der Waals surface area contributed by atoms with Crippen LogP contribution in [0.3, 0.4) is 0 Å². The van der Waals surface area contributed by atoms with Gasteiger partial charge in [-0.05, 0) is 112 Å². The molecule has 19 heteroatoms. The summed E-state index contributed by atoms with van der Waals surface area (Å²) in [4.78, 5) is 1.42. The molecule has 0 fully saturated rings. The van der Waals surface area contributed by atoms with Gasteiger partial charge in [-0.2, -0.15) is 43.9 Å². The van der Waals surface area contributed by atoms with E-state index < -0.39 is 50.4 Å². The van der Waals surface area contributed by atoms with Gasteiger partial charge in [-0.25, -0.2) is 8.78 Å². The monoisotopic (exact) mass is 896 g/mol. The standard InChI is InChI=1S/C13H11Br2F6NO.C11H9Br2F6N/c1-3-7-4-8(5-9(14)10(7)22-6(2)23)11(16,12(15,17)18)13(19,20)21;1-2-5-3-6(4-7(12)8(5)20)9(14,10(13,15)16)11(17,18)19/h4-5H,3H2,1-2H3,(H,22,23);3-4H,2,20H2,1H3. The molecule has 0 saturated carbocycles. The molecule has 0 bridgehead atoms. The Bertz CT molecular complexity index is 1290. The maximum absolute atomic E-state index is 14.4. The number of nitrogens with two attached hydrogens (primary N) is 1. The Kier molecular flexibility index (Phi) is 12.6.